The highest BCUT2D eigenvalue weighted by atomic mass is 16.7. The normalized spacial score (nSPS) is 25.1. The molecule has 0 aliphatic carbocycles. The number of likely N-dealkylation sites (tertiary alicyclic amines) is 1. The fourth-order valence-corrected chi connectivity index (χ4v) is 2.30. The number of hydrogen-bond acceptors (Lipinski definition) is 4. The van der Waals surface area contributed by atoms with Gasteiger partial charge in [0.25, 0.3) is 0 Å². The van der Waals surface area contributed by atoms with Gasteiger partial charge in [-0.25, -0.2) is 0 Å². The summed E-state index contributed by atoms with van der Waals surface area (Å²) in [5.74, 6) is -0.297. The predicted octanol–water partition coefficient (Wildman–Crippen LogP) is 0.740. The van der Waals surface area contributed by atoms with Gasteiger partial charge in [-0.05, 0) is 33.1 Å². The third kappa shape index (κ3) is 3.93. The smallest absolute Gasteiger partial charge is 0.236 e. The maximum Gasteiger partial charge on any atom is 0.236 e. The van der Waals surface area contributed by atoms with Gasteiger partial charge in [0.15, 0.2) is 5.79 Å². The Bertz CT molecular complexity index is 278. The molecule has 0 radical (unpaired) electrons. The number of nitrogens with one attached hydrogen (secondary N) is 1. The van der Waals surface area contributed by atoms with E-state index in [0.29, 0.717) is 19.8 Å². The number of ether oxygens (including phenoxy) is 2. The van der Waals surface area contributed by atoms with Crippen molar-refractivity contribution in [1.29, 1.82) is 0 Å². The zero-order valence-electron chi connectivity index (χ0n) is 11.4. The fraction of sp³-hybridized carbons (Fsp3) is 0.923. The summed E-state index contributed by atoms with van der Waals surface area (Å²) in [7, 11) is 0. The van der Waals surface area contributed by atoms with Crippen LogP contribution in [0, 0.1) is 0 Å². The number of nitrogens with zero attached hydrogens (tertiary/aromatic N) is 1. The lowest BCUT2D eigenvalue weighted by molar-refractivity contribution is -0.252. The molecule has 0 unspecified atom stereocenters. The Labute approximate surface area is 109 Å². The second-order valence-corrected chi connectivity index (χ2v) is 5.54. The number of hydrogen-bond donors (Lipinski definition) is 1. The quantitative estimate of drug-likeness (QED) is 0.809. The summed E-state index contributed by atoms with van der Waals surface area (Å²) in [6.45, 7) is 7.21. The molecule has 2 aliphatic rings. The van der Waals surface area contributed by atoms with Crippen LogP contribution in [0.2, 0.25) is 0 Å². The molecule has 0 saturated carbocycles. The lowest BCUT2D eigenvalue weighted by Crippen LogP contribution is -2.51. The second kappa shape index (κ2) is 5.99. The first kappa shape index (κ1) is 13.8. The second-order valence-electron chi connectivity index (χ2n) is 5.54. The van der Waals surface area contributed by atoms with Crippen molar-refractivity contribution in [1.82, 2.24) is 10.2 Å². The van der Waals surface area contributed by atoms with Crippen LogP contribution >= 0.6 is 0 Å². The van der Waals surface area contributed by atoms with Gasteiger partial charge >= 0.3 is 0 Å². The van der Waals surface area contributed by atoms with E-state index in [2.05, 4.69) is 5.32 Å². The molecule has 2 saturated heterocycles. The van der Waals surface area contributed by atoms with Gasteiger partial charge in [0.05, 0.1) is 25.8 Å². The monoisotopic (exact) mass is 256 g/mol. The SMILES string of the molecule is CC1(C)OCC(NCC(=O)N2CCCCC2)CO1. The van der Waals surface area contributed by atoms with Crippen LogP contribution in [0.5, 0.6) is 0 Å². The molecule has 2 fully saturated rings. The van der Waals surface area contributed by atoms with Crippen molar-refractivity contribution in [2.75, 3.05) is 32.8 Å². The zero-order valence-corrected chi connectivity index (χ0v) is 11.4. The van der Waals surface area contributed by atoms with Gasteiger partial charge in [-0.15, -0.1) is 0 Å². The summed E-state index contributed by atoms with van der Waals surface area (Å²) in [6.07, 6.45) is 3.52. The van der Waals surface area contributed by atoms with Crippen molar-refractivity contribution in [3.63, 3.8) is 0 Å². The molecule has 0 spiro atoms. The molecular formula is C13H24N2O3. The number of amides is 1. The van der Waals surface area contributed by atoms with E-state index in [9.17, 15) is 4.79 Å². The average molecular weight is 256 g/mol. The molecule has 5 nitrogen and oxygen atoms in total. The molecule has 0 aromatic heterocycles. The number of piperidine rings is 1. The van der Waals surface area contributed by atoms with Gasteiger partial charge in [0.1, 0.15) is 0 Å². The van der Waals surface area contributed by atoms with Gasteiger partial charge in [-0.3, -0.25) is 4.79 Å². The molecular weight excluding hydrogens is 232 g/mol. The molecule has 2 aliphatic heterocycles. The first-order chi connectivity index (χ1) is 8.57. The third-order valence-corrected chi connectivity index (χ3v) is 3.51. The lowest BCUT2D eigenvalue weighted by atomic mass is 10.1. The van der Waals surface area contributed by atoms with Crippen LogP contribution in [0.1, 0.15) is 33.1 Å². The maximum atomic E-state index is 11.9. The van der Waals surface area contributed by atoms with Gasteiger partial charge in [0.2, 0.25) is 5.91 Å². The predicted molar refractivity (Wildman–Crippen MR) is 68.2 cm³/mol. The number of rotatable bonds is 3. The van der Waals surface area contributed by atoms with E-state index in [-0.39, 0.29) is 11.9 Å². The number of carbonyl (C=O) groups excluding carboxylic acids is 1. The molecule has 0 aromatic rings. The molecule has 0 atom stereocenters. The van der Waals surface area contributed by atoms with E-state index >= 15 is 0 Å². The van der Waals surface area contributed by atoms with Crippen molar-refractivity contribution < 1.29 is 14.3 Å². The van der Waals surface area contributed by atoms with Crippen molar-refractivity contribution >= 4 is 5.91 Å². The van der Waals surface area contributed by atoms with Gasteiger partial charge in [0, 0.05) is 13.1 Å². The Balaban J connectivity index is 1.67. The summed E-state index contributed by atoms with van der Waals surface area (Å²) in [6, 6.07) is 0.117. The highest BCUT2D eigenvalue weighted by Gasteiger charge is 2.28. The van der Waals surface area contributed by atoms with Crippen LogP contribution in [-0.2, 0) is 14.3 Å². The Morgan fingerprint density at radius 2 is 1.83 bits per heavy atom. The molecule has 0 aromatic carbocycles. The van der Waals surface area contributed by atoms with Crippen molar-refractivity contribution in [2.45, 2.75) is 44.9 Å². The average Bonchev–Trinajstić information content (AvgIpc) is 2.38. The van der Waals surface area contributed by atoms with Crippen molar-refractivity contribution in [3.8, 4) is 0 Å². The summed E-state index contributed by atoms with van der Waals surface area (Å²) in [5.41, 5.74) is 0. The van der Waals surface area contributed by atoms with Crippen molar-refractivity contribution in [2.24, 2.45) is 0 Å². The van der Waals surface area contributed by atoms with Crippen LogP contribution in [0.15, 0.2) is 0 Å². The maximum absolute atomic E-state index is 11.9. The molecule has 1 amide bonds. The summed E-state index contributed by atoms with van der Waals surface area (Å²) in [5, 5.41) is 3.22. The standard InChI is InChI=1S/C13H24N2O3/c1-13(2)17-9-11(10-18-13)14-8-12(16)15-6-4-3-5-7-15/h11,14H,3-10H2,1-2H3. The summed E-state index contributed by atoms with van der Waals surface area (Å²) in [4.78, 5) is 13.9. The number of carbonyl (C=O) groups is 1. The zero-order chi connectivity index (χ0) is 13.0. The minimum absolute atomic E-state index is 0.117. The van der Waals surface area contributed by atoms with Gasteiger partial charge in [-0.2, -0.15) is 0 Å². The van der Waals surface area contributed by atoms with Crippen LogP contribution in [0.25, 0.3) is 0 Å². The molecule has 0 bridgehead atoms. The van der Waals surface area contributed by atoms with Crippen LogP contribution in [0.4, 0.5) is 0 Å². The minimum atomic E-state index is -0.491. The van der Waals surface area contributed by atoms with Crippen LogP contribution in [0.3, 0.4) is 0 Å². The molecule has 2 rings (SSSR count). The van der Waals surface area contributed by atoms with E-state index in [4.69, 9.17) is 9.47 Å². The molecule has 18 heavy (non-hydrogen) atoms. The Morgan fingerprint density at radius 1 is 1.22 bits per heavy atom. The molecule has 1 N–H and O–H groups in total. The van der Waals surface area contributed by atoms with Gasteiger partial charge < -0.3 is 19.7 Å². The first-order valence-corrected chi connectivity index (χ1v) is 6.86. The molecule has 5 heteroatoms. The fourth-order valence-electron chi connectivity index (χ4n) is 2.30. The highest BCUT2D eigenvalue weighted by Crippen LogP contribution is 2.16. The third-order valence-electron chi connectivity index (χ3n) is 3.51. The highest BCUT2D eigenvalue weighted by molar-refractivity contribution is 5.78. The van der Waals surface area contributed by atoms with E-state index in [1.165, 1.54) is 6.42 Å². The van der Waals surface area contributed by atoms with E-state index < -0.39 is 5.79 Å². The van der Waals surface area contributed by atoms with Crippen LogP contribution in [-0.4, -0.2) is 55.5 Å². The summed E-state index contributed by atoms with van der Waals surface area (Å²) < 4.78 is 11.1. The van der Waals surface area contributed by atoms with Crippen LogP contribution < -0.4 is 5.32 Å². The van der Waals surface area contributed by atoms with E-state index in [0.717, 1.165) is 25.9 Å². The Kier molecular flexibility index (Phi) is 4.59. The van der Waals surface area contributed by atoms with Crippen molar-refractivity contribution in [3.05, 3.63) is 0 Å². The topological polar surface area (TPSA) is 50.8 Å². The van der Waals surface area contributed by atoms with E-state index in [1.807, 2.05) is 18.7 Å². The summed E-state index contributed by atoms with van der Waals surface area (Å²) >= 11 is 0. The minimum Gasteiger partial charge on any atom is -0.349 e. The lowest BCUT2D eigenvalue weighted by Gasteiger charge is -2.35. The molecule has 104 valence electrons. The largest absolute Gasteiger partial charge is 0.349 e. The first-order valence-electron chi connectivity index (χ1n) is 6.86. The van der Waals surface area contributed by atoms with Gasteiger partial charge in [-0.1, -0.05) is 0 Å². The molecule has 2 heterocycles. The Hall–Kier alpha value is -0.650. The van der Waals surface area contributed by atoms with E-state index in [1.54, 1.807) is 0 Å². The Morgan fingerprint density at radius 3 is 2.44 bits per heavy atom.